The van der Waals surface area contributed by atoms with E-state index in [0.717, 1.165) is 53.4 Å². The minimum absolute atomic E-state index is 0.197. The molecule has 1 aromatic carbocycles. The van der Waals surface area contributed by atoms with Crippen molar-refractivity contribution in [3.05, 3.63) is 35.9 Å². The number of fused-ring (bicyclic) bond motifs is 1. The van der Waals surface area contributed by atoms with Crippen LogP contribution in [0.5, 0.6) is 5.75 Å². The molecular weight excluding hydrogens is 516 g/mol. The van der Waals surface area contributed by atoms with Crippen LogP contribution in [-0.4, -0.2) is 79.7 Å². The van der Waals surface area contributed by atoms with Gasteiger partial charge in [0, 0.05) is 36.8 Å². The zero-order chi connectivity index (χ0) is 28.3. The van der Waals surface area contributed by atoms with E-state index in [1.165, 1.54) is 25.7 Å². The number of hydrogen-bond donors (Lipinski definition) is 1. The van der Waals surface area contributed by atoms with Crippen LogP contribution in [0.15, 0.2) is 30.3 Å². The van der Waals surface area contributed by atoms with Gasteiger partial charge < -0.3 is 29.3 Å². The summed E-state index contributed by atoms with van der Waals surface area (Å²) in [6.07, 6.45) is 5.18. The van der Waals surface area contributed by atoms with Crippen LogP contribution in [0.4, 0.5) is 11.8 Å². The van der Waals surface area contributed by atoms with E-state index < -0.39 is 0 Å². The number of anilines is 2. The van der Waals surface area contributed by atoms with Gasteiger partial charge in [-0.1, -0.05) is 19.8 Å². The molecule has 2 aliphatic heterocycles. The largest absolute Gasteiger partial charge is 0.496 e. The molecule has 3 unspecified atom stereocenters. The number of ether oxygens (including phenoxy) is 3. The number of methoxy groups -OCH3 is 1. The van der Waals surface area contributed by atoms with Crippen molar-refractivity contribution in [3.8, 4) is 17.0 Å². The topological polar surface area (TPSA) is 84.9 Å². The van der Waals surface area contributed by atoms with Gasteiger partial charge in [-0.05, 0) is 62.9 Å². The SMILES string of the molecule is COc1ccc(-c2ccc3c(N4CCOCC4C)nc(N4CCOC[C@@H]4C)nc3n2)cc1CNC1CCCCC1C. The standard InChI is InChI=1S/C32H44N6O3/c1-21-7-5-6-8-27(21)33-18-25-17-24(9-12-29(25)39-4)28-11-10-26-30(34-28)35-32(38-14-16-41-20-23(38)3)36-31(26)37-13-15-40-19-22(37)2/h9-12,17,21-23,27,33H,5-8,13-16,18-20H2,1-4H3/t21?,22?,23-,27?/m0/s1. The fraction of sp³-hybridized carbons (Fsp3) is 0.594. The van der Waals surface area contributed by atoms with E-state index in [4.69, 9.17) is 29.2 Å². The second kappa shape index (κ2) is 12.5. The first-order valence-corrected chi connectivity index (χ1v) is 15.3. The number of hydrogen-bond acceptors (Lipinski definition) is 9. The van der Waals surface area contributed by atoms with Crippen LogP contribution in [0.1, 0.15) is 52.0 Å². The van der Waals surface area contributed by atoms with E-state index in [2.05, 4.69) is 66.2 Å². The van der Waals surface area contributed by atoms with Crippen LogP contribution in [0.25, 0.3) is 22.3 Å². The Bertz CT molecular complexity index is 1350. The third-order valence-electron chi connectivity index (χ3n) is 9.03. The van der Waals surface area contributed by atoms with E-state index in [9.17, 15) is 0 Å². The lowest BCUT2D eigenvalue weighted by molar-refractivity contribution is 0.0973. The van der Waals surface area contributed by atoms with Gasteiger partial charge in [0.2, 0.25) is 5.95 Å². The number of pyridine rings is 1. The summed E-state index contributed by atoms with van der Waals surface area (Å²) in [5.74, 6) is 3.25. The Morgan fingerprint density at radius 1 is 0.902 bits per heavy atom. The van der Waals surface area contributed by atoms with Crippen molar-refractivity contribution in [2.24, 2.45) is 5.92 Å². The van der Waals surface area contributed by atoms with Crippen molar-refractivity contribution >= 4 is 22.8 Å². The minimum Gasteiger partial charge on any atom is -0.496 e. The molecule has 1 aliphatic carbocycles. The highest BCUT2D eigenvalue weighted by Gasteiger charge is 2.28. The van der Waals surface area contributed by atoms with Gasteiger partial charge in [0.1, 0.15) is 11.6 Å². The highest BCUT2D eigenvalue weighted by atomic mass is 16.5. The molecule has 2 saturated heterocycles. The molecule has 41 heavy (non-hydrogen) atoms. The molecule has 2 aromatic heterocycles. The van der Waals surface area contributed by atoms with Gasteiger partial charge >= 0.3 is 0 Å². The summed E-state index contributed by atoms with van der Waals surface area (Å²) in [4.78, 5) is 19.9. The molecule has 6 rings (SSSR count). The molecule has 220 valence electrons. The second-order valence-electron chi connectivity index (χ2n) is 11.9. The quantitative estimate of drug-likeness (QED) is 0.437. The average Bonchev–Trinajstić information content (AvgIpc) is 3.00. The molecular formula is C32H44N6O3. The molecule has 4 atom stereocenters. The van der Waals surface area contributed by atoms with Gasteiger partial charge in [-0.15, -0.1) is 0 Å². The Morgan fingerprint density at radius 2 is 1.66 bits per heavy atom. The number of morpholine rings is 2. The summed E-state index contributed by atoms with van der Waals surface area (Å²) in [5.41, 5.74) is 3.82. The first-order chi connectivity index (χ1) is 20.0. The van der Waals surface area contributed by atoms with E-state index in [-0.39, 0.29) is 12.1 Å². The van der Waals surface area contributed by atoms with Crippen molar-refractivity contribution in [3.63, 3.8) is 0 Å². The Morgan fingerprint density at radius 3 is 2.39 bits per heavy atom. The smallest absolute Gasteiger partial charge is 0.229 e. The zero-order valence-electron chi connectivity index (χ0n) is 24.9. The van der Waals surface area contributed by atoms with Crippen molar-refractivity contribution in [2.45, 2.75) is 71.1 Å². The van der Waals surface area contributed by atoms with Crippen molar-refractivity contribution in [2.75, 3.05) is 56.4 Å². The molecule has 3 aromatic rings. The fourth-order valence-electron chi connectivity index (χ4n) is 6.49. The predicted molar refractivity (Wildman–Crippen MR) is 163 cm³/mol. The Hall–Kier alpha value is -3.01. The van der Waals surface area contributed by atoms with Crippen LogP contribution in [0, 0.1) is 5.92 Å². The molecule has 0 radical (unpaired) electrons. The Balaban J connectivity index is 1.36. The van der Waals surface area contributed by atoms with Gasteiger partial charge in [-0.3, -0.25) is 0 Å². The van der Waals surface area contributed by atoms with Crippen molar-refractivity contribution in [1.82, 2.24) is 20.3 Å². The molecule has 9 heteroatoms. The van der Waals surface area contributed by atoms with Gasteiger partial charge in [0.15, 0.2) is 5.65 Å². The zero-order valence-corrected chi connectivity index (χ0v) is 24.9. The van der Waals surface area contributed by atoms with Crippen LogP contribution >= 0.6 is 0 Å². The normalized spacial score (nSPS) is 25.5. The third kappa shape index (κ3) is 5.98. The molecule has 0 bridgehead atoms. The maximum Gasteiger partial charge on any atom is 0.229 e. The second-order valence-corrected chi connectivity index (χ2v) is 11.9. The average molecular weight is 561 g/mol. The van der Waals surface area contributed by atoms with Crippen LogP contribution in [0.2, 0.25) is 0 Å². The summed E-state index contributed by atoms with van der Waals surface area (Å²) in [6.45, 7) is 11.8. The Kier molecular flexibility index (Phi) is 8.55. The lowest BCUT2D eigenvalue weighted by Gasteiger charge is -2.37. The number of benzene rings is 1. The maximum absolute atomic E-state index is 5.75. The van der Waals surface area contributed by atoms with Crippen molar-refractivity contribution < 1.29 is 14.2 Å². The highest BCUT2D eigenvalue weighted by molar-refractivity contribution is 5.90. The molecule has 0 amide bonds. The molecule has 0 spiro atoms. The van der Waals surface area contributed by atoms with Crippen LogP contribution in [0.3, 0.4) is 0 Å². The van der Waals surface area contributed by atoms with Gasteiger partial charge in [0.05, 0.1) is 56.7 Å². The molecule has 9 nitrogen and oxygen atoms in total. The summed E-state index contributed by atoms with van der Waals surface area (Å²) >= 11 is 0. The van der Waals surface area contributed by atoms with Gasteiger partial charge in [-0.25, -0.2) is 4.98 Å². The number of nitrogens with zero attached hydrogens (tertiary/aromatic N) is 5. The van der Waals surface area contributed by atoms with E-state index in [1.807, 2.05) is 0 Å². The fourth-order valence-corrected chi connectivity index (χ4v) is 6.49. The van der Waals surface area contributed by atoms with E-state index in [1.54, 1.807) is 7.11 Å². The number of rotatable bonds is 7. The maximum atomic E-state index is 5.75. The summed E-state index contributed by atoms with van der Waals surface area (Å²) in [7, 11) is 1.75. The molecule has 3 fully saturated rings. The number of nitrogens with one attached hydrogen (secondary N) is 1. The Labute approximate surface area is 243 Å². The summed E-state index contributed by atoms with van der Waals surface area (Å²) in [5, 5.41) is 4.78. The van der Waals surface area contributed by atoms with E-state index >= 15 is 0 Å². The van der Waals surface area contributed by atoms with Crippen LogP contribution in [-0.2, 0) is 16.0 Å². The highest BCUT2D eigenvalue weighted by Crippen LogP contribution is 2.33. The van der Waals surface area contributed by atoms with Gasteiger partial charge in [-0.2, -0.15) is 9.97 Å². The monoisotopic (exact) mass is 560 g/mol. The summed E-state index contributed by atoms with van der Waals surface area (Å²) in [6, 6.07) is 11.6. The molecule has 1 N–H and O–H groups in total. The predicted octanol–water partition coefficient (Wildman–Crippen LogP) is 4.82. The lowest BCUT2D eigenvalue weighted by atomic mass is 9.86. The van der Waals surface area contributed by atoms with Crippen LogP contribution < -0.4 is 19.9 Å². The summed E-state index contributed by atoms with van der Waals surface area (Å²) < 4.78 is 17.2. The van der Waals surface area contributed by atoms with E-state index in [0.29, 0.717) is 50.0 Å². The molecule has 1 saturated carbocycles. The van der Waals surface area contributed by atoms with Crippen molar-refractivity contribution in [1.29, 1.82) is 0 Å². The van der Waals surface area contributed by atoms with Gasteiger partial charge in [0.25, 0.3) is 0 Å². The third-order valence-corrected chi connectivity index (χ3v) is 9.03. The minimum atomic E-state index is 0.197. The lowest BCUT2D eigenvalue weighted by Crippen LogP contribution is -2.46. The molecule has 3 aliphatic rings. The number of aromatic nitrogens is 3. The first kappa shape index (κ1) is 28.1. The first-order valence-electron chi connectivity index (χ1n) is 15.3. The molecule has 4 heterocycles.